The van der Waals surface area contributed by atoms with Crippen molar-refractivity contribution in [2.24, 2.45) is 0 Å². The molecule has 0 spiro atoms. The maximum atomic E-state index is 11.8. The van der Waals surface area contributed by atoms with Gasteiger partial charge in [0.15, 0.2) is 0 Å². The SMILES string of the molecule is CCOCCCC(=O)NC1(C#N)CCN(C)CC1. The van der Waals surface area contributed by atoms with E-state index in [1.165, 1.54) is 0 Å². The van der Waals surface area contributed by atoms with Gasteiger partial charge in [-0.2, -0.15) is 5.26 Å². The molecule has 1 heterocycles. The summed E-state index contributed by atoms with van der Waals surface area (Å²) in [7, 11) is 2.03. The molecule has 5 heteroatoms. The van der Waals surface area contributed by atoms with Crippen LogP contribution in [-0.2, 0) is 9.53 Å². The van der Waals surface area contributed by atoms with Crippen molar-refractivity contribution < 1.29 is 9.53 Å². The van der Waals surface area contributed by atoms with Crippen molar-refractivity contribution >= 4 is 5.91 Å². The van der Waals surface area contributed by atoms with Crippen LogP contribution in [0.25, 0.3) is 0 Å². The highest BCUT2D eigenvalue weighted by Gasteiger charge is 2.34. The van der Waals surface area contributed by atoms with Crippen LogP contribution >= 0.6 is 0 Å². The molecule has 0 saturated carbocycles. The lowest BCUT2D eigenvalue weighted by atomic mass is 9.89. The van der Waals surface area contributed by atoms with E-state index >= 15 is 0 Å². The molecule has 0 aromatic carbocycles. The van der Waals surface area contributed by atoms with Gasteiger partial charge in [0.2, 0.25) is 5.91 Å². The highest BCUT2D eigenvalue weighted by molar-refractivity contribution is 5.77. The lowest BCUT2D eigenvalue weighted by Gasteiger charge is -2.36. The van der Waals surface area contributed by atoms with Gasteiger partial charge in [-0.25, -0.2) is 0 Å². The molecule has 1 aliphatic heterocycles. The normalized spacial score (nSPS) is 19.2. The quantitative estimate of drug-likeness (QED) is 0.714. The Balaban J connectivity index is 2.34. The molecule has 0 radical (unpaired) electrons. The summed E-state index contributed by atoms with van der Waals surface area (Å²) >= 11 is 0. The summed E-state index contributed by atoms with van der Waals surface area (Å²) in [6.45, 7) is 4.92. The second-order valence-corrected chi connectivity index (χ2v) is 4.85. The van der Waals surface area contributed by atoms with Crippen molar-refractivity contribution in [1.82, 2.24) is 10.2 Å². The van der Waals surface area contributed by atoms with Crippen molar-refractivity contribution in [1.29, 1.82) is 5.26 Å². The Morgan fingerprint density at radius 2 is 2.17 bits per heavy atom. The molecule has 0 atom stereocenters. The van der Waals surface area contributed by atoms with E-state index in [4.69, 9.17) is 4.74 Å². The van der Waals surface area contributed by atoms with Gasteiger partial charge in [0.05, 0.1) is 6.07 Å². The molecule has 0 unspecified atom stereocenters. The van der Waals surface area contributed by atoms with Crippen molar-refractivity contribution in [3.8, 4) is 6.07 Å². The standard InChI is InChI=1S/C13H23N3O2/c1-3-18-10-4-5-12(17)15-13(11-14)6-8-16(2)9-7-13/h3-10H2,1-2H3,(H,15,17). The first-order valence-electron chi connectivity index (χ1n) is 6.60. The Hall–Kier alpha value is -1.12. The number of hydrogen-bond acceptors (Lipinski definition) is 4. The number of rotatable bonds is 6. The average Bonchev–Trinajstić information content (AvgIpc) is 2.38. The van der Waals surface area contributed by atoms with E-state index in [0.717, 1.165) is 13.1 Å². The summed E-state index contributed by atoms with van der Waals surface area (Å²) in [6, 6.07) is 2.28. The van der Waals surface area contributed by atoms with Crippen molar-refractivity contribution in [3.63, 3.8) is 0 Å². The number of amides is 1. The highest BCUT2D eigenvalue weighted by atomic mass is 16.5. The summed E-state index contributed by atoms with van der Waals surface area (Å²) in [5, 5.41) is 12.2. The smallest absolute Gasteiger partial charge is 0.221 e. The highest BCUT2D eigenvalue weighted by Crippen LogP contribution is 2.20. The zero-order valence-electron chi connectivity index (χ0n) is 11.4. The van der Waals surface area contributed by atoms with E-state index in [9.17, 15) is 10.1 Å². The minimum atomic E-state index is -0.658. The van der Waals surface area contributed by atoms with Gasteiger partial charge in [0.1, 0.15) is 5.54 Å². The maximum absolute atomic E-state index is 11.8. The Labute approximate surface area is 109 Å². The van der Waals surface area contributed by atoms with Gasteiger partial charge in [-0.1, -0.05) is 0 Å². The van der Waals surface area contributed by atoms with E-state index in [2.05, 4.69) is 16.3 Å². The Kier molecular flexibility index (Phi) is 6.10. The van der Waals surface area contributed by atoms with Crippen molar-refractivity contribution in [2.45, 2.75) is 38.1 Å². The Morgan fingerprint density at radius 3 is 2.72 bits per heavy atom. The van der Waals surface area contributed by atoms with Gasteiger partial charge in [0.25, 0.3) is 0 Å². The van der Waals surface area contributed by atoms with Gasteiger partial charge >= 0.3 is 0 Å². The number of ether oxygens (including phenoxy) is 1. The minimum Gasteiger partial charge on any atom is -0.382 e. The largest absolute Gasteiger partial charge is 0.382 e. The number of nitrogens with one attached hydrogen (secondary N) is 1. The van der Waals surface area contributed by atoms with E-state index in [-0.39, 0.29) is 5.91 Å². The van der Waals surface area contributed by atoms with E-state index in [1.807, 2.05) is 14.0 Å². The fraction of sp³-hybridized carbons (Fsp3) is 0.846. The minimum absolute atomic E-state index is 0.0409. The predicted octanol–water partition coefficient (Wildman–Crippen LogP) is 0.907. The number of hydrogen-bond donors (Lipinski definition) is 1. The molecule has 0 aromatic heterocycles. The Bertz CT molecular complexity index is 304. The monoisotopic (exact) mass is 253 g/mol. The fourth-order valence-corrected chi connectivity index (χ4v) is 2.07. The van der Waals surface area contributed by atoms with E-state index in [0.29, 0.717) is 38.9 Å². The molecular weight excluding hydrogens is 230 g/mol. The van der Waals surface area contributed by atoms with Crippen LogP contribution in [0.3, 0.4) is 0 Å². The van der Waals surface area contributed by atoms with Gasteiger partial charge in [0, 0.05) is 32.7 Å². The molecule has 0 bridgehead atoms. The molecule has 1 amide bonds. The zero-order valence-corrected chi connectivity index (χ0v) is 11.4. The molecular formula is C13H23N3O2. The third-order valence-electron chi connectivity index (χ3n) is 3.33. The van der Waals surface area contributed by atoms with Gasteiger partial charge in [-0.05, 0) is 33.2 Å². The first-order valence-corrected chi connectivity index (χ1v) is 6.60. The number of nitriles is 1. The van der Waals surface area contributed by atoms with Crippen LogP contribution in [0.5, 0.6) is 0 Å². The lowest BCUT2D eigenvalue weighted by molar-refractivity contribution is -0.123. The van der Waals surface area contributed by atoms with Crippen LogP contribution in [0.15, 0.2) is 0 Å². The van der Waals surface area contributed by atoms with Gasteiger partial charge in [-0.3, -0.25) is 4.79 Å². The average molecular weight is 253 g/mol. The second-order valence-electron chi connectivity index (χ2n) is 4.85. The van der Waals surface area contributed by atoms with Crippen LogP contribution in [0.1, 0.15) is 32.6 Å². The van der Waals surface area contributed by atoms with Crippen molar-refractivity contribution in [2.75, 3.05) is 33.4 Å². The topological polar surface area (TPSA) is 65.4 Å². The summed E-state index contributed by atoms with van der Waals surface area (Å²) in [4.78, 5) is 14.0. The maximum Gasteiger partial charge on any atom is 0.221 e. The summed E-state index contributed by atoms with van der Waals surface area (Å²) in [5.41, 5.74) is -0.658. The van der Waals surface area contributed by atoms with Crippen LogP contribution in [-0.4, -0.2) is 49.7 Å². The van der Waals surface area contributed by atoms with Crippen LogP contribution < -0.4 is 5.32 Å². The summed E-state index contributed by atoms with van der Waals surface area (Å²) in [5.74, 6) is -0.0409. The van der Waals surface area contributed by atoms with Gasteiger partial charge in [-0.15, -0.1) is 0 Å². The predicted molar refractivity (Wildman–Crippen MR) is 68.9 cm³/mol. The first-order chi connectivity index (χ1) is 8.62. The summed E-state index contributed by atoms with van der Waals surface area (Å²) < 4.78 is 5.19. The third kappa shape index (κ3) is 4.63. The van der Waals surface area contributed by atoms with Crippen LogP contribution in [0.2, 0.25) is 0 Å². The molecule has 18 heavy (non-hydrogen) atoms. The number of piperidine rings is 1. The van der Waals surface area contributed by atoms with E-state index in [1.54, 1.807) is 0 Å². The first kappa shape index (κ1) is 14.9. The molecule has 102 valence electrons. The molecule has 0 aromatic rings. The van der Waals surface area contributed by atoms with Crippen molar-refractivity contribution in [3.05, 3.63) is 0 Å². The lowest BCUT2D eigenvalue weighted by Crippen LogP contribution is -2.53. The Morgan fingerprint density at radius 1 is 1.50 bits per heavy atom. The molecule has 1 rings (SSSR count). The third-order valence-corrected chi connectivity index (χ3v) is 3.33. The summed E-state index contributed by atoms with van der Waals surface area (Å²) in [6.07, 6.45) is 2.55. The fourth-order valence-electron chi connectivity index (χ4n) is 2.07. The second kappa shape index (κ2) is 7.34. The van der Waals surface area contributed by atoms with Crippen LogP contribution in [0, 0.1) is 11.3 Å². The molecule has 5 nitrogen and oxygen atoms in total. The molecule has 1 saturated heterocycles. The molecule has 1 aliphatic rings. The van der Waals surface area contributed by atoms with Crippen LogP contribution in [0.4, 0.5) is 0 Å². The molecule has 1 fully saturated rings. The number of carbonyl (C=O) groups excluding carboxylic acids is 1. The van der Waals surface area contributed by atoms with Gasteiger partial charge < -0.3 is 15.0 Å². The number of carbonyl (C=O) groups is 1. The number of nitrogens with zero attached hydrogens (tertiary/aromatic N) is 2. The zero-order chi connectivity index (χ0) is 13.4. The molecule has 1 N–H and O–H groups in total. The number of likely N-dealkylation sites (tertiary alicyclic amines) is 1. The van der Waals surface area contributed by atoms with E-state index < -0.39 is 5.54 Å². The molecule has 0 aliphatic carbocycles.